The molecule has 0 aromatic heterocycles. The smallest absolute Gasteiger partial charge is 0.329 e. The lowest BCUT2D eigenvalue weighted by Crippen LogP contribution is -2.56. The highest BCUT2D eigenvalue weighted by Gasteiger charge is 2.43. The molecule has 3 aromatic carbocycles. The molecule has 0 aliphatic heterocycles. The van der Waals surface area contributed by atoms with Gasteiger partial charge in [0.15, 0.2) is 0 Å². The summed E-state index contributed by atoms with van der Waals surface area (Å²) in [5.74, 6) is -1.83. The molecule has 1 saturated carbocycles. The molecule has 8 heteroatoms. The predicted octanol–water partition coefficient (Wildman–Crippen LogP) is 5.11. The number of carboxylic acid groups (broad SMARTS) is 1. The van der Waals surface area contributed by atoms with Crippen molar-refractivity contribution in [1.29, 1.82) is 0 Å². The fourth-order valence-electron chi connectivity index (χ4n) is 4.81. The lowest BCUT2D eigenvalue weighted by molar-refractivity contribution is -0.146. The standard InChI is InChI=1S/C28H29N3O5/c1-16-12-17(2)24(18(3)13-16)30-27(36)29-23-15-20-7-5-4-6-19(20)14-22(23)25(33)31-28(26(34)35)10-8-21(32)9-11-28/h4-7,12-15H,8-11H2,1-3H3,(H,31,33)(H,34,35)(H2,29,30,36). The molecule has 0 bridgehead atoms. The van der Waals surface area contributed by atoms with Gasteiger partial charge in [0.05, 0.1) is 11.3 Å². The van der Waals surface area contributed by atoms with Crippen molar-refractivity contribution < 1.29 is 24.3 Å². The average molecular weight is 488 g/mol. The molecule has 0 saturated heterocycles. The Balaban J connectivity index is 1.66. The van der Waals surface area contributed by atoms with Crippen LogP contribution < -0.4 is 16.0 Å². The second-order valence-corrected chi connectivity index (χ2v) is 9.48. The molecule has 1 aliphatic carbocycles. The number of hydrogen-bond acceptors (Lipinski definition) is 4. The second-order valence-electron chi connectivity index (χ2n) is 9.48. The molecule has 186 valence electrons. The zero-order chi connectivity index (χ0) is 26.0. The molecule has 0 radical (unpaired) electrons. The monoisotopic (exact) mass is 487 g/mol. The second kappa shape index (κ2) is 9.81. The maximum Gasteiger partial charge on any atom is 0.329 e. The van der Waals surface area contributed by atoms with Crippen molar-refractivity contribution in [3.05, 3.63) is 70.8 Å². The van der Waals surface area contributed by atoms with E-state index in [-0.39, 0.29) is 42.7 Å². The molecular formula is C28H29N3O5. The molecule has 0 unspecified atom stereocenters. The van der Waals surface area contributed by atoms with E-state index in [4.69, 9.17) is 0 Å². The van der Waals surface area contributed by atoms with E-state index in [1.165, 1.54) is 0 Å². The van der Waals surface area contributed by atoms with Crippen LogP contribution in [-0.4, -0.2) is 34.3 Å². The van der Waals surface area contributed by atoms with E-state index in [1.54, 1.807) is 12.1 Å². The summed E-state index contributed by atoms with van der Waals surface area (Å²) in [4.78, 5) is 50.2. The average Bonchev–Trinajstić information content (AvgIpc) is 2.82. The summed E-state index contributed by atoms with van der Waals surface area (Å²) in [5.41, 5.74) is 2.44. The molecule has 3 aromatic rings. The number of aryl methyl sites for hydroxylation is 3. The summed E-state index contributed by atoms with van der Waals surface area (Å²) in [7, 11) is 0. The third kappa shape index (κ3) is 5.07. The van der Waals surface area contributed by atoms with Gasteiger partial charge < -0.3 is 21.1 Å². The number of urea groups is 1. The Morgan fingerprint density at radius 3 is 2.03 bits per heavy atom. The van der Waals surface area contributed by atoms with Gasteiger partial charge in [-0.25, -0.2) is 9.59 Å². The molecule has 0 spiro atoms. The van der Waals surface area contributed by atoms with Gasteiger partial charge in [0, 0.05) is 18.5 Å². The Morgan fingerprint density at radius 1 is 0.861 bits per heavy atom. The van der Waals surface area contributed by atoms with Gasteiger partial charge in [-0.05, 0) is 67.6 Å². The molecule has 0 heterocycles. The molecule has 36 heavy (non-hydrogen) atoms. The van der Waals surface area contributed by atoms with Gasteiger partial charge in [-0.2, -0.15) is 0 Å². The number of carboxylic acids is 1. The first kappa shape index (κ1) is 24.9. The van der Waals surface area contributed by atoms with E-state index in [1.807, 2.05) is 57.2 Å². The number of fused-ring (bicyclic) bond motifs is 1. The predicted molar refractivity (Wildman–Crippen MR) is 139 cm³/mol. The quantitative estimate of drug-likeness (QED) is 0.398. The molecule has 4 N–H and O–H groups in total. The molecule has 8 nitrogen and oxygen atoms in total. The minimum Gasteiger partial charge on any atom is -0.480 e. The van der Waals surface area contributed by atoms with Crippen molar-refractivity contribution in [2.75, 3.05) is 10.6 Å². The van der Waals surface area contributed by atoms with Crippen molar-refractivity contribution in [3.8, 4) is 0 Å². The largest absolute Gasteiger partial charge is 0.480 e. The van der Waals surface area contributed by atoms with Gasteiger partial charge in [0.1, 0.15) is 11.3 Å². The Labute approximate surface area is 209 Å². The molecule has 1 fully saturated rings. The van der Waals surface area contributed by atoms with Crippen LogP contribution in [0.3, 0.4) is 0 Å². The third-order valence-electron chi connectivity index (χ3n) is 6.72. The van der Waals surface area contributed by atoms with E-state index >= 15 is 0 Å². The fourth-order valence-corrected chi connectivity index (χ4v) is 4.81. The number of carbonyl (C=O) groups excluding carboxylic acids is 3. The maximum absolute atomic E-state index is 13.4. The zero-order valence-corrected chi connectivity index (χ0v) is 20.5. The minimum absolute atomic E-state index is 0.0208. The number of ketones is 1. The Kier molecular flexibility index (Phi) is 6.79. The van der Waals surface area contributed by atoms with Crippen LogP contribution in [0.15, 0.2) is 48.5 Å². The number of Topliss-reactive ketones (excluding diaryl/α,β-unsaturated/α-hetero) is 1. The summed E-state index contributed by atoms with van der Waals surface area (Å²) in [6.07, 6.45) is 0.228. The molecule has 4 rings (SSSR count). The van der Waals surface area contributed by atoms with Gasteiger partial charge in [0.25, 0.3) is 5.91 Å². The van der Waals surface area contributed by atoms with Crippen LogP contribution in [0.2, 0.25) is 0 Å². The summed E-state index contributed by atoms with van der Waals surface area (Å²) >= 11 is 0. The molecule has 1 aliphatic rings. The number of nitrogens with one attached hydrogen (secondary N) is 3. The highest BCUT2D eigenvalue weighted by molar-refractivity contribution is 6.11. The van der Waals surface area contributed by atoms with Crippen molar-refractivity contribution >= 4 is 45.8 Å². The van der Waals surface area contributed by atoms with Crippen LogP contribution in [0.1, 0.15) is 52.7 Å². The number of anilines is 2. The number of rotatable bonds is 5. The Bertz CT molecular complexity index is 1360. The van der Waals surface area contributed by atoms with E-state index in [2.05, 4.69) is 16.0 Å². The normalized spacial score (nSPS) is 14.8. The van der Waals surface area contributed by atoms with E-state index < -0.39 is 23.4 Å². The van der Waals surface area contributed by atoms with Crippen LogP contribution in [0.25, 0.3) is 10.8 Å². The zero-order valence-electron chi connectivity index (χ0n) is 20.5. The van der Waals surface area contributed by atoms with Crippen molar-refractivity contribution in [1.82, 2.24) is 5.32 Å². The minimum atomic E-state index is -1.54. The molecule has 0 atom stereocenters. The van der Waals surface area contributed by atoms with E-state index in [9.17, 15) is 24.3 Å². The van der Waals surface area contributed by atoms with Crippen LogP contribution in [-0.2, 0) is 9.59 Å². The highest BCUT2D eigenvalue weighted by atomic mass is 16.4. The van der Waals surface area contributed by atoms with Crippen molar-refractivity contribution in [3.63, 3.8) is 0 Å². The lowest BCUT2D eigenvalue weighted by atomic mass is 9.81. The highest BCUT2D eigenvalue weighted by Crippen LogP contribution is 2.30. The summed E-state index contributed by atoms with van der Waals surface area (Å²) in [6.45, 7) is 5.80. The summed E-state index contributed by atoms with van der Waals surface area (Å²) < 4.78 is 0. The first-order chi connectivity index (χ1) is 17.1. The first-order valence-corrected chi connectivity index (χ1v) is 11.8. The maximum atomic E-state index is 13.4. The Morgan fingerprint density at radius 2 is 1.44 bits per heavy atom. The van der Waals surface area contributed by atoms with Crippen molar-refractivity contribution in [2.24, 2.45) is 0 Å². The van der Waals surface area contributed by atoms with Crippen molar-refractivity contribution in [2.45, 2.75) is 52.0 Å². The third-order valence-corrected chi connectivity index (χ3v) is 6.72. The topological polar surface area (TPSA) is 125 Å². The van der Waals surface area contributed by atoms with Crippen LogP contribution in [0.5, 0.6) is 0 Å². The Hall–Kier alpha value is -4.20. The summed E-state index contributed by atoms with van der Waals surface area (Å²) in [6, 6.07) is 14.1. The summed E-state index contributed by atoms with van der Waals surface area (Å²) in [5, 5.41) is 19.8. The van der Waals surface area contributed by atoms with Crippen LogP contribution in [0, 0.1) is 20.8 Å². The van der Waals surface area contributed by atoms with E-state index in [0.717, 1.165) is 27.5 Å². The van der Waals surface area contributed by atoms with Crippen LogP contribution in [0.4, 0.5) is 16.2 Å². The number of aliphatic carboxylic acids is 1. The molecule has 3 amide bonds. The number of carbonyl (C=O) groups is 4. The number of amides is 3. The van der Waals surface area contributed by atoms with Gasteiger partial charge >= 0.3 is 12.0 Å². The number of benzene rings is 3. The SMILES string of the molecule is Cc1cc(C)c(NC(=O)Nc2cc3ccccc3cc2C(=O)NC2(C(=O)O)CCC(=O)CC2)c(C)c1. The molecular weight excluding hydrogens is 458 g/mol. The van der Waals surface area contributed by atoms with Gasteiger partial charge in [-0.1, -0.05) is 42.0 Å². The van der Waals surface area contributed by atoms with Gasteiger partial charge in [0.2, 0.25) is 0 Å². The van der Waals surface area contributed by atoms with Gasteiger partial charge in [-0.3, -0.25) is 9.59 Å². The van der Waals surface area contributed by atoms with E-state index in [0.29, 0.717) is 5.69 Å². The fraction of sp³-hybridized carbons (Fsp3) is 0.286. The first-order valence-electron chi connectivity index (χ1n) is 11.8. The lowest BCUT2D eigenvalue weighted by Gasteiger charge is -2.33. The van der Waals surface area contributed by atoms with Gasteiger partial charge in [-0.15, -0.1) is 0 Å². The number of hydrogen-bond donors (Lipinski definition) is 4. The van der Waals surface area contributed by atoms with Crippen LogP contribution >= 0.6 is 0 Å².